The molecule has 0 saturated carbocycles. The predicted octanol–water partition coefficient (Wildman–Crippen LogP) is -1.26. The van der Waals surface area contributed by atoms with Crippen molar-refractivity contribution in [2.24, 2.45) is 5.92 Å². The van der Waals surface area contributed by atoms with Gasteiger partial charge in [0, 0.05) is 5.92 Å². The summed E-state index contributed by atoms with van der Waals surface area (Å²) < 4.78 is 5.09. The van der Waals surface area contributed by atoms with Crippen molar-refractivity contribution in [1.82, 2.24) is 0 Å². The van der Waals surface area contributed by atoms with E-state index in [-0.39, 0.29) is 18.6 Å². The lowest BCUT2D eigenvalue weighted by Crippen LogP contribution is -2.49. The molecule has 66 valence electrons. The smallest absolute Gasteiger partial charge is 0.106 e. The standard InChI is InChI=1S/C7H14O4/c1-4-6(9)7(10)5(2-8)3-11-4/h4-10H,2-3H2,1H3/t4-,5-,6-,7-/m0/s1. The van der Waals surface area contributed by atoms with Crippen LogP contribution in [0.25, 0.3) is 0 Å². The van der Waals surface area contributed by atoms with Gasteiger partial charge < -0.3 is 20.1 Å². The monoisotopic (exact) mass is 162 g/mol. The van der Waals surface area contributed by atoms with Crippen molar-refractivity contribution in [2.45, 2.75) is 25.2 Å². The molecule has 1 heterocycles. The average Bonchev–Trinajstić information content (AvgIpc) is 2.01. The minimum atomic E-state index is -0.874. The Bertz CT molecular complexity index is 126. The molecular weight excluding hydrogens is 148 g/mol. The third-order valence-corrected chi connectivity index (χ3v) is 2.12. The highest BCUT2D eigenvalue weighted by atomic mass is 16.5. The summed E-state index contributed by atoms with van der Waals surface area (Å²) in [6, 6.07) is 0. The molecule has 4 nitrogen and oxygen atoms in total. The van der Waals surface area contributed by atoms with Crippen molar-refractivity contribution in [1.29, 1.82) is 0 Å². The summed E-state index contributed by atoms with van der Waals surface area (Å²) in [5.74, 6) is -0.346. The lowest BCUT2D eigenvalue weighted by Gasteiger charge is -2.35. The number of hydrogen-bond donors (Lipinski definition) is 3. The molecule has 11 heavy (non-hydrogen) atoms. The van der Waals surface area contributed by atoms with Crippen molar-refractivity contribution in [2.75, 3.05) is 13.2 Å². The van der Waals surface area contributed by atoms with E-state index in [2.05, 4.69) is 0 Å². The highest BCUT2D eigenvalue weighted by Crippen LogP contribution is 2.19. The van der Waals surface area contributed by atoms with Crippen LogP contribution in [0.3, 0.4) is 0 Å². The Morgan fingerprint density at radius 3 is 2.55 bits per heavy atom. The molecule has 1 saturated heterocycles. The lowest BCUT2D eigenvalue weighted by atomic mass is 9.94. The lowest BCUT2D eigenvalue weighted by molar-refractivity contribution is -0.165. The maximum atomic E-state index is 9.32. The van der Waals surface area contributed by atoms with Crippen molar-refractivity contribution in [3.8, 4) is 0 Å². The third kappa shape index (κ3) is 1.70. The first-order valence-corrected chi connectivity index (χ1v) is 3.75. The summed E-state index contributed by atoms with van der Waals surface area (Å²) in [5, 5.41) is 27.3. The second kappa shape index (κ2) is 3.49. The van der Waals surface area contributed by atoms with Gasteiger partial charge in [0.05, 0.1) is 25.4 Å². The van der Waals surface area contributed by atoms with Gasteiger partial charge in [0.15, 0.2) is 0 Å². The fraction of sp³-hybridized carbons (Fsp3) is 1.00. The van der Waals surface area contributed by atoms with Crippen LogP contribution in [0.15, 0.2) is 0 Å². The minimum Gasteiger partial charge on any atom is -0.396 e. The summed E-state index contributed by atoms with van der Waals surface area (Å²) in [5.41, 5.74) is 0. The fourth-order valence-electron chi connectivity index (χ4n) is 1.19. The molecule has 0 aliphatic carbocycles. The molecule has 0 amide bonds. The van der Waals surface area contributed by atoms with E-state index in [1.54, 1.807) is 6.92 Å². The van der Waals surface area contributed by atoms with Gasteiger partial charge in [-0.2, -0.15) is 0 Å². The second-order valence-electron chi connectivity index (χ2n) is 2.96. The zero-order chi connectivity index (χ0) is 8.43. The molecule has 1 rings (SSSR count). The predicted molar refractivity (Wildman–Crippen MR) is 38.0 cm³/mol. The molecule has 0 radical (unpaired) electrons. The van der Waals surface area contributed by atoms with E-state index in [0.717, 1.165) is 0 Å². The Labute approximate surface area is 65.4 Å². The molecule has 1 aliphatic heterocycles. The van der Waals surface area contributed by atoms with Crippen molar-refractivity contribution in [3.05, 3.63) is 0 Å². The number of rotatable bonds is 1. The third-order valence-electron chi connectivity index (χ3n) is 2.12. The first-order chi connectivity index (χ1) is 5.16. The minimum absolute atomic E-state index is 0.148. The van der Waals surface area contributed by atoms with Crippen LogP contribution in [0, 0.1) is 5.92 Å². The summed E-state index contributed by atoms with van der Waals surface area (Å²) in [6.07, 6.45) is -2.07. The molecule has 3 N–H and O–H groups in total. The van der Waals surface area contributed by atoms with Crippen LogP contribution in [0.5, 0.6) is 0 Å². The first-order valence-electron chi connectivity index (χ1n) is 3.75. The van der Waals surface area contributed by atoms with Gasteiger partial charge in [-0.15, -0.1) is 0 Å². The highest BCUT2D eigenvalue weighted by Gasteiger charge is 2.35. The van der Waals surface area contributed by atoms with Crippen LogP contribution in [-0.2, 0) is 4.74 Å². The number of aliphatic hydroxyl groups excluding tert-OH is 3. The molecule has 0 aromatic carbocycles. The van der Waals surface area contributed by atoms with Crippen molar-refractivity contribution in [3.63, 3.8) is 0 Å². The number of ether oxygens (including phenoxy) is 1. The molecule has 4 atom stereocenters. The van der Waals surface area contributed by atoms with Crippen LogP contribution in [0.4, 0.5) is 0 Å². The van der Waals surface area contributed by atoms with E-state index < -0.39 is 12.2 Å². The zero-order valence-electron chi connectivity index (χ0n) is 6.47. The molecule has 0 aromatic rings. The Balaban J connectivity index is 2.52. The summed E-state index contributed by atoms with van der Waals surface area (Å²) in [7, 11) is 0. The van der Waals surface area contributed by atoms with Crippen molar-refractivity contribution >= 4 is 0 Å². The van der Waals surface area contributed by atoms with Crippen LogP contribution < -0.4 is 0 Å². The van der Waals surface area contributed by atoms with Crippen LogP contribution in [-0.4, -0.2) is 46.8 Å². The summed E-state index contributed by atoms with van der Waals surface area (Å²) in [4.78, 5) is 0. The van der Waals surface area contributed by atoms with Crippen molar-refractivity contribution < 1.29 is 20.1 Å². The van der Waals surface area contributed by atoms with Gasteiger partial charge in [0.25, 0.3) is 0 Å². The number of aliphatic hydroxyl groups is 3. The van der Waals surface area contributed by atoms with E-state index in [1.807, 2.05) is 0 Å². The van der Waals surface area contributed by atoms with E-state index >= 15 is 0 Å². The molecule has 1 aliphatic rings. The molecule has 4 heteroatoms. The molecule has 0 aromatic heterocycles. The zero-order valence-corrected chi connectivity index (χ0v) is 6.47. The SMILES string of the molecule is C[C@@H]1OC[C@H](CO)[C@H](O)[C@H]1O. The van der Waals surface area contributed by atoms with Gasteiger partial charge in [-0.25, -0.2) is 0 Å². The van der Waals surface area contributed by atoms with Crippen LogP contribution in [0.2, 0.25) is 0 Å². The van der Waals surface area contributed by atoms with Gasteiger partial charge in [0.2, 0.25) is 0 Å². The largest absolute Gasteiger partial charge is 0.396 e. The van der Waals surface area contributed by atoms with Gasteiger partial charge in [-0.05, 0) is 6.92 Å². The molecule has 0 unspecified atom stereocenters. The van der Waals surface area contributed by atoms with Crippen LogP contribution in [0.1, 0.15) is 6.92 Å². The van der Waals surface area contributed by atoms with E-state index in [9.17, 15) is 10.2 Å². The van der Waals surface area contributed by atoms with Gasteiger partial charge in [0.1, 0.15) is 6.10 Å². The van der Waals surface area contributed by atoms with Gasteiger partial charge in [-0.3, -0.25) is 0 Å². The highest BCUT2D eigenvalue weighted by molar-refractivity contribution is 4.83. The fourth-order valence-corrected chi connectivity index (χ4v) is 1.19. The molecule has 0 spiro atoms. The maximum absolute atomic E-state index is 9.32. The van der Waals surface area contributed by atoms with Crippen LogP contribution >= 0.6 is 0 Å². The molecule has 0 bridgehead atoms. The first kappa shape index (κ1) is 8.93. The Hall–Kier alpha value is -0.160. The average molecular weight is 162 g/mol. The maximum Gasteiger partial charge on any atom is 0.106 e. The quantitative estimate of drug-likeness (QED) is 0.450. The Kier molecular flexibility index (Phi) is 2.84. The second-order valence-corrected chi connectivity index (χ2v) is 2.96. The topological polar surface area (TPSA) is 69.9 Å². The Morgan fingerprint density at radius 1 is 1.36 bits per heavy atom. The van der Waals surface area contributed by atoms with E-state index in [4.69, 9.17) is 9.84 Å². The summed E-state index contributed by atoms with van der Waals surface area (Å²) >= 11 is 0. The van der Waals surface area contributed by atoms with Gasteiger partial charge in [-0.1, -0.05) is 0 Å². The van der Waals surface area contributed by atoms with E-state index in [0.29, 0.717) is 6.61 Å². The summed E-state index contributed by atoms with van der Waals surface area (Å²) in [6.45, 7) is 1.86. The normalized spacial score (nSPS) is 45.8. The Morgan fingerprint density at radius 2 is 2.00 bits per heavy atom. The van der Waals surface area contributed by atoms with Gasteiger partial charge >= 0.3 is 0 Å². The molecular formula is C7H14O4. The van der Waals surface area contributed by atoms with E-state index in [1.165, 1.54) is 0 Å². The molecule has 1 fully saturated rings. The number of hydrogen-bond acceptors (Lipinski definition) is 4.